The second-order valence-corrected chi connectivity index (χ2v) is 5.34. The van der Waals surface area contributed by atoms with Gasteiger partial charge in [-0.1, -0.05) is 44.9 Å². The van der Waals surface area contributed by atoms with Crippen LogP contribution in [-0.4, -0.2) is 6.54 Å². The van der Waals surface area contributed by atoms with Crippen molar-refractivity contribution in [2.75, 3.05) is 6.54 Å². The lowest BCUT2D eigenvalue weighted by molar-refractivity contribution is 0.219. The first-order valence-corrected chi connectivity index (χ1v) is 6.62. The zero-order valence-corrected chi connectivity index (χ0v) is 9.38. The normalized spacial score (nSPS) is 35.8. The van der Waals surface area contributed by atoms with E-state index in [2.05, 4.69) is 0 Å². The van der Waals surface area contributed by atoms with Gasteiger partial charge in [0.1, 0.15) is 0 Å². The number of hydrogen-bond acceptors (Lipinski definition) is 1. The molecule has 0 spiro atoms. The fourth-order valence-electron chi connectivity index (χ4n) is 3.71. The molecule has 0 saturated heterocycles. The fourth-order valence-corrected chi connectivity index (χ4v) is 3.71. The summed E-state index contributed by atoms with van der Waals surface area (Å²) in [7, 11) is 0. The lowest BCUT2D eigenvalue weighted by atomic mass is 9.77. The third kappa shape index (κ3) is 2.31. The highest BCUT2D eigenvalue weighted by atomic mass is 14.6. The number of hydrogen-bond donors (Lipinski definition) is 1. The van der Waals surface area contributed by atoms with E-state index < -0.39 is 0 Å². The van der Waals surface area contributed by atoms with Crippen molar-refractivity contribution in [1.29, 1.82) is 0 Å². The molecule has 2 rings (SSSR count). The van der Waals surface area contributed by atoms with Crippen LogP contribution in [0.15, 0.2) is 0 Å². The van der Waals surface area contributed by atoms with E-state index in [-0.39, 0.29) is 0 Å². The zero-order chi connectivity index (χ0) is 9.80. The standard InChI is InChI=1S/C13H25N/c14-10-12-8-2-1-3-9-13(12)11-6-4-5-7-11/h11-13H,1-10,14H2. The average molecular weight is 195 g/mol. The van der Waals surface area contributed by atoms with Crippen LogP contribution in [-0.2, 0) is 0 Å². The molecule has 2 N–H and O–H groups in total. The van der Waals surface area contributed by atoms with E-state index >= 15 is 0 Å². The second-order valence-electron chi connectivity index (χ2n) is 5.34. The van der Waals surface area contributed by atoms with E-state index in [1.54, 1.807) is 0 Å². The minimum absolute atomic E-state index is 0.862. The molecule has 0 amide bonds. The van der Waals surface area contributed by atoms with Crippen LogP contribution in [0.2, 0.25) is 0 Å². The largest absolute Gasteiger partial charge is 0.330 e. The Hall–Kier alpha value is -0.0400. The summed E-state index contributed by atoms with van der Waals surface area (Å²) in [5.41, 5.74) is 5.93. The third-order valence-electron chi connectivity index (χ3n) is 4.53. The van der Waals surface area contributed by atoms with Gasteiger partial charge in [0.05, 0.1) is 0 Å². The maximum absolute atomic E-state index is 5.93. The van der Waals surface area contributed by atoms with Gasteiger partial charge in [-0.05, 0) is 37.1 Å². The quantitative estimate of drug-likeness (QED) is 0.672. The monoisotopic (exact) mass is 195 g/mol. The highest BCUT2D eigenvalue weighted by Crippen LogP contribution is 2.41. The minimum atomic E-state index is 0.862. The molecule has 0 bridgehead atoms. The maximum atomic E-state index is 5.93. The molecule has 0 radical (unpaired) electrons. The maximum Gasteiger partial charge on any atom is -0.00461 e. The van der Waals surface area contributed by atoms with Crippen molar-refractivity contribution in [2.45, 2.75) is 57.8 Å². The van der Waals surface area contributed by atoms with E-state index in [1.165, 1.54) is 57.8 Å². The molecule has 2 aliphatic carbocycles. The molecule has 2 saturated carbocycles. The van der Waals surface area contributed by atoms with Gasteiger partial charge in [-0.15, -0.1) is 0 Å². The van der Waals surface area contributed by atoms with E-state index in [1.807, 2.05) is 0 Å². The van der Waals surface area contributed by atoms with Crippen LogP contribution in [0.1, 0.15) is 57.8 Å². The van der Waals surface area contributed by atoms with Crippen molar-refractivity contribution in [3.8, 4) is 0 Å². The Balaban J connectivity index is 1.96. The molecule has 0 aromatic heterocycles. The van der Waals surface area contributed by atoms with Crippen molar-refractivity contribution in [2.24, 2.45) is 23.5 Å². The Morgan fingerprint density at radius 1 is 0.786 bits per heavy atom. The number of nitrogens with two attached hydrogens (primary N) is 1. The molecular weight excluding hydrogens is 170 g/mol. The molecule has 2 unspecified atom stereocenters. The Bertz CT molecular complexity index is 161. The first-order valence-electron chi connectivity index (χ1n) is 6.62. The third-order valence-corrected chi connectivity index (χ3v) is 4.53. The van der Waals surface area contributed by atoms with Crippen LogP contribution < -0.4 is 5.73 Å². The van der Waals surface area contributed by atoms with Crippen LogP contribution >= 0.6 is 0 Å². The van der Waals surface area contributed by atoms with Gasteiger partial charge >= 0.3 is 0 Å². The zero-order valence-electron chi connectivity index (χ0n) is 9.38. The van der Waals surface area contributed by atoms with Crippen molar-refractivity contribution in [3.05, 3.63) is 0 Å². The fraction of sp³-hybridized carbons (Fsp3) is 1.00. The summed E-state index contributed by atoms with van der Waals surface area (Å²) in [5, 5.41) is 0. The van der Waals surface area contributed by atoms with Crippen LogP contribution in [0.25, 0.3) is 0 Å². The topological polar surface area (TPSA) is 26.0 Å². The highest BCUT2D eigenvalue weighted by Gasteiger charge is 2.31. The van der Waals surface area contributed by atoms with E-state index in [4.69, 9.17) is 5.73 Å². The lowest BCUT2D eigenvalue weighted by Crippen LogP contribution is -2.27. The molecule has 0 aromatic rings. The van der Waals surface area contributed by atoms with Crippen molar-refractivity contribution in [1.82, 2.24) is 0 Å². The van der Waals surface area contributed by atoms with Crippen LogP contribution in [0.3, 0.4) is 0 Å². The minimum Gasteiger partial charge on any atom is -0.330 e. The first kappa shape index (κ1) is 10.5. The summed E-state index contributed by atoms with van der Waals surface area (Å²) < 4.78 is 0. The van der Waals surface area contributed by atoms with Crippen molar-refractivity contribution in [3.63, 3.8) is 0 Å². The molecule has 1 heteroatoms. The molecule has 0 aromatic carbocycles. The Labute approximate surface area is 88.4 Å². The molecular formula is C13H25N. The van der Waals surface area contributed by atoms with Gasteiger partial charge in [0, 0.05) is 0 Å². The predicted octanol–water partition coefficient (Wildman–Crippen LogP) is 3.33. The Morgan fingerprint density at radius 2 is 1.43 bits per heavy atom. The lowest BCUT2D eigenvalue weighted by Gasteiger charge is -2.29. The molecule has 0 aliphatic heterocycles. The molecule has 82 valence electrons. The molecule has 2 fully saturated rings. The van der Waals surface area contributed by atoms with Gasteiger partial charge in [0.15, 0.2) is 0 Å². The summed E-state index contributed by atoms with van der Waals surface area (Å²) >= 11 is 0. The van der Waals surface area contributed by atoms with Crippen LogP contribution in [0, 0.1) is 17.8 Å². The molecule has 14 heavy (non-hydrogen) atoms. The van der Waals surface area contributed by atoms with Crippen LogP contribution in [0.5, 0.6) is 0 Å². The smallest absolute Gasteiger partial charge is 0.00461 e. The molecule has 1 nitrogen and oxygen atoms in total. The Morgan fingerprint density at radius 3 is 2.14 bits per heavy atom. The van der Waals surface area contributed by atoms with Crippen molar-refractivity contribution < 1.29 is 0 Å². The van der Waals surface area contributed by atoms with E-state index in [0.717, 1.165) is 24.3 Å². The van der Waals surface area contributed by atoms with Gasteiger partial charge in [-0.25, -0.2) is 0 Å². The van der Waals surface area contributed by atoms with Gasteiger partial charge in [0.25, 0.3) is 0 Å². The SMILES string of the molecule is NCC1CCCCCC1C1CCCC1. The molecule has 0 heterocycles. The first-order chi connectivity index (χ1) is 6.92. The highest BCUT2D eigenvalue weighted by molar-refractivity contribution is 4.83. The van der Waals surface area contributed by atoms with Gasteiger partial charge in [-0.3, -0.25) is 0 Å². The van der Waals surface area contributed by atoms with E-state index in [0.29, 0.717) is 0 Å². The number of rotatable bonds is 2. The summed E-state index contributed by atoms with van der Waals surface area (Å²) in [5.74, 6) is 2.90. The summed E-state index contributed by atoms with van der Waals surface area (Å²) in [6, 6.07) is 0. The van der Waals surface area contributed by atoms with Gasteiger partial charge in [-0.2, -0.15) is 0 Å². The molecule has 2 aliphatic rings. The Kier molecular flexibility index (Phi) is 3.86. The second kappa shape index (κ2) is 5.16. The summed E-state index contributed by atoms with van der Waals surface area (Å²) in [6.45, 7) is 0.946. The van der Waals surface area contributed by atoms with Gasteiger partial charge < -0.3 is 5.73 Å². The summed E-state index contributed by atoms with van der Waals surface area (Å²) in [4.78, 5) is 0. The molecule has 2 atom stereocenters. The van der Waals surface area contributed by atoms with Gasteiger partial charge in [0.2, 0.25) is 0 Å². The predicted molar refractivity (Wildman–Crippen MR) is 61.1 cm³/mol. The van der Waals surface area contributed by atoms with Crippen molar-refractivity contribution >= 4 is 0 Å². The van der Waals surface area contributed by atoms with E-state index in [9.17, 15) is 0 Å². The summed E-state index contributed by atoms with van der Waals surface area (Å²) in [6.07, 6.45) is 13.2. The van der Waals surface area contributed by atoms with Crippen LogP contribution in [0.4, 0.5) is 0 Å². The average Bonchev–Trinajstić information content (AvgIpc) is 2.63.